The fraction of sp³-hybridized carbons (Fsp3) is 1.00. The summed E-state index contributed by atoms with van der Waals surface area (Å²) in [7, 11) is 0. The van der Waals surface area contributed by atoms with E-state index in [1.165, 1.54) is 38.8 Å². The standard InChI is InChI=1S/C9H19NO.C3H8/c1-2-11-9-8-10-6-4-3-5-7-10;1-3-2/h2-9H2,1H3;3H2,1-2H3. The number of hydrogen-bond donors (Lipinski definition) is 0. The van der Waals surface area contributed by atoms with Gasteiger partial charge in [0, 0.05) is 13.2 Å². The highest BCUT2D eigenvalue weighted by Crippen LogP contribution is 2.07. The minimum absolute atomic E-state index is 0.855. The molecule has 1 fully saturated rings. The normalized spacial score (nSPS) is 17.4. The first-order chi connectivity index (χ1) is 6.85. The maximum atomic E-state index is 5.29. The predicted molar refractivity (Wildman–Crippen MR) is 62.7 cm³/mol. The van der Waals surface area contributed by atoms with E-state index in [1.807, 2.05) is 0 Å². The molecule has 1 rings (SSSR count). The average molecular weight is 201 g/mol. The molecule has 2 heteroatoms. The molecule has 86 valence electrons. The molecule has 2 nitrogen and oxygen atoms in total. The van der Waals surface area contributed by atoms with Gasteiger partial charge in [0.05, 0.1) is 6.61 Å². The Bertz CT molecular complexity index is 100. The van der Waals surface area contributed by atoms with E-state index in [9.17, 15) is 0 Å². The number of hydrogen-bond acceptors (Lipinski definition) is 2. The molecule has 1 aliphatic rings. The van der Waals surface area contributed by atoms with Crippen molar-refractivity contribution in [1.82, 2.24) is 4.90 Å². The lowest BCUT2D eigenvalue weighted by Gasteiger charge is -2.25. The number of rotatable bonds is 4. The van der Waals surface area contributed by atoms with Crippen molar-refractivity contribution in [3.8, 4) is 0 Å². The molecule has 0 radical (unpaired) electrons. The number of piperidine rings is 1. The third-order valence-corrected chi connectivity index (χ3v) is 2.20. The van der Waals surface area contributed by atoms with Crippen LogP contribution < -0.4 is 0 Å². The largest absolute Gasteiger partial charge is 0.380 e. The van der Waals surface area contributed by atoms with Gasteiger partial charge in [0.25, 0.3) is 0 Å². The minimum Gasteiger partial charge on any atom is -0.380 e. The van der Waals surface area contributed by atoms with Crippen molar-refractivity contribution in [2.24, 2.45) is 0 Å². The molecule has 0 bridgehead atoms. The van der Waals surface area contributed by atoms with Crippen LogP contribution in [0.2, 0.25) is 0 Å². The van der Waals surface area contributed by atoms with Crippen LogP contribution in [0.25, 0.3) is 0 Å². The SMILES string of the molecule is CCC.CCOCCN1CCCCC1. The highest BCUT2D eigenvalue weighted by Gasteiger charge is 2.08. The van der Waals surface area contributed by atoms with Crippen LogP contribution in [0.1, 0.15) is 46.5 Å². The van der Waals surface area contributed by atoms with Gasteiger partial charge in [-0.1, -0.05) is 26.7 Å². The Labute approximate surface area is 89.6 Å². The topological polar surface area (TPSA) is 12.5 Å². The lowest BCUT2D eigenvalue weighted by atomic mass is 10.1. The summed E-state index contributed by atoms with van der Waals surface area (Å²) in [5, 5.41) is 0. The Kier molecular flexibility index (Phi) is 10.9. The second-order valence-electron chi connectivity index (χ2n) is 3.81. The summed E-state index contributed by atoms with van der Waals surface area (Å²) in [5.74, 6) is 0. The van der Waals surface area contributed by atoms with Crippen LogP contribution in [-0.2, 0) is 4.74 Å². The maximum Gasteiger partial charge on any atom is 0.0593 e. The molecule has 0 amide bonds. The Hall–Kier alpha value is -0.0800. The quantitative estimate of drug-likeness (QED) is 0.648. The van der Waals surface area contributed by atoms with E-state index in [4.69, 9.17) is 4.74 Å². The monoisotopic (exact) mass is 201 g/mol. The molecule has 0 unspecified atom stereocenters. The van der Waals surface area contributed by atoms with Gasteiger partial charge >= 0.3 is 0 Å². The van der Waals surface area contributed by atoms with Gasteiger partial charge in [0.2, 0.25) is 0 Å². The van der Waals surface area contributed by atoms with E-state index in [2.05, 4.69) is 25.7 Å². The summed E-state index contributed by atoms with van der Waals surface area (Å²) >= 11 is 0. The van der Waals surface area contributed by atoms with Crippen molar-refractivity contribution < 1.29 is 4.74 Å². The molecule has 0 saturated carbocycles. The first kappa shape index (κ1) is 13.9. The van der Waals surface area contributed by atoms with Crippen molar-refractivity contribution in [3.05, 3.63) is 0 Å². The Morgan fingerprint density at radius 2 is 1.57 bits per heavy atom. The van der Waals surface area contributed by atoms with E-state index in [-0.39, 0.29) is 0 Å². The van der Waals surface area contributed by atoms with Crippen molar-refractivity contribution in [3.63, 3.8) is 0 Å². The molecule has 0 aromatic carbocycles. The van der Waals surface area contributed by atoms with Crippen molar-refractivity contribution >= 4 is 0 Å². The molecule has 1 heterocycles. The van der Waals surface area contributed by atoms with Gasteiger partial charge in [-0.25, -0.2) is 0 Å². The molecular weight excluding hydrogens is 174 g/mol. The zero-order chi connectivity index (χ0) is 10.6. The summed E-state index contributed by atoms with van der Waals surface area (Å²) in [5.41, 5.74) is 0. The van der Waals surface area contributed by atoms with Gasteiger partial charge in [-0.15, -0.1) is 0 Å². The minimum atomic E-state index is 0.855. The van der Waals surface area contributed by atoms with Crippen LogP contribution in [0.3, 0.4) is 0 Å². The highest BCUT2D eigenvalue weighted by molar-refractivity contribution is 4.63. The van der Waals surface area contributed by atoms with Crippen molar-refractivity contribution in [1.29, 1.82) is 0 Å². The smallest absolute Gasteiger partial charge is 0.0593 e. The van der Waals surface area contributed by atoms with Gasteiger partial charge in [-0.3, -0.25) is 0 Å². The first-order valence-corrected chi connectivity index (χ1v) is 6.15. The number of likely N-dealkylation sites (tertiary alicyclic amines) is 1. The molecule has 0 aliphatic carbocycles. The van der Waals surface area contributed by atoms with Crippen LogP contribution in [-0.4, -0.2) is 37.7 Å². The van der Waals surface area contributed by atoms with Crippen LogP contribution in [0.15, 0.2) is 0 Å². The van der Waals surface area contributed by atoms with E-state index in [0.717, 1.165) is 19.8 Å². The fourth-order valence-electron chi connectivity index (χ4n) is 1.52. The summed E-state index contributed by atoms with van der Waals surface area (Å²) in [6.45, 7) is 11.8. The number of ether oxygens (including phenoxy) is 1. The lowest BCUT2D eigenvalue weighted by Crippen LogP contribution is -2.32. The van der Waals surface area contributed by atoms with Crippen molar-refractivity contribution in [2.75, 3.05) is 32.8 Å². The van der Waals surface area contributed by atoms with Gasteiger partial charge < -0.3 is 9.64 Å². The molecule has 0 atom stereocenters. The molecule has 0 N–H and O–H groups in total. The molecule has 0 aromatic rings. The summed E-state index contributed by atoms with van der Waals surface area (Å²) in [6.07, 6.45) is 5.43. The third kappa shape index (κ3) is 8.52. The fourth-order valence-corrected chi connectivity index (χ4v) is 1.52. The molecular formula is C12H27NO. The van der Waals surface area contributed by atoms with Gasteiger partial charge in [0.1, 0.15) is 0 Å². The zero-order valence-corrected chi connectivity index (χ0v) is 10.2. The van der Waals surface area contributed by atoms with E-state index < -0.39 is 0 Å². The molecule has 0 aromatic heterocycles. The molecule has 1 aliphatic heterocycles. The van der Waals surface area contributed by atoms with E-state index >= 15 is 0 Å². The Balaban J connectivity index is 0.000000500. The summed E-state index contributed by atoms with van der Waals surface area (Å²) < 4.78 is 5.29. The highest BCUT2D eigenvalue weighted by atomic mass is 16.5. The van der Waals surface area contributed by atoms with E-state index in [0.29, 0.717) is 0 Å². The van der Waals surface area contributed by atoms with Crippen LogP contribution in [0.4, 0.5) is 0 Å². The van der Waals surface area contributed by atoms with Crippen LogP contribution >= 0.6 is 0 Å². The second kappa shape index (κ2) is 11.0. The van der Waals surface area contributed by atoms with E-state index in [1.54, 1.807) is 0 Å². The zero-order valence-electron chi connectivity index (χ0n) is 10.2. The molecule has 0 spiro atoms. The first-order valence-electron chi connectivity index (χ1n) is 6.15. The second-order valence-corrected chi connectivity index (χ2v) is 3.81. The summed E-state index contributed by atoms with van der Waals surface area (Å²) in [6, 6.07) is 0. The maximum absolute atomic E-state index is 5.29. The lowest BCUT2D eigenvalue weighted by molar-refractivity contribution is 0.105. The Morgan fingerprint density at radius 3 is 2.07 bits per heavy atom. The predicted octanol–water partition coefficient (Wildman–Crippen LogP) is 2.93. The van der Waals surface area contributed by atoms with Crippen molar-refractivity contribution in [2.45, 2.75) is 46.5 Å². The average Bonchev–Trinajstić information content (AvgIpc) is 2.21. The van der Waals surface area contributed by atoms with Crippen LogP contribution in [0.5, 0.6) is 0 Å². The number of nitrogens with zero attached hydrogens (tertiary/aromatic N) is 1. The van der Waals surface area contributed by atoms with Gasteiger partial charge in [0.15, 0.2) is 0 Å². The summed E-state index contributed by atoms with van der Waals surface area (Å²) in [4.78, 5) is 2.50. The van der Waals surface area contributed by atoms with Gasteiger partial charge in [-0.05, 0) is 32.9 Å². The third-order valence-electron chi connectivity index (χ3n) is 2.20. The molecule has 1 saturated heterocycles. The molecule has 14 heavy (non-hydrogen) atoms. The Morgan fingerprint density at radius 1 is 1.00 bits per heavy atom. The van der Waals surface area contributed by atoms with Crippen LogP contribution in [0, 0.1) is 0 Å². The van der Waals surface area contributed by atoms with Gasteiger partial charge in [-0.2, -0.15) is 0 Å².